The van der Waals surface area contributed by atoms with E-state index in [0.29, 0.717) is 16.1 Å². The molecule has 2 heterocycles. The van der Waals surface area contributed by atoms with Gasteiger partial charge in [-0.05, 0) is 35.6 Å². The van der Waals surface area contributed by atoms with Crippen LogP contribution in [0.4, 0.5) is 5.00 Å². The minimum atomic E-state index is -0.467. The van der Waals surface area contributed by atoms with E-state index in [2.05, 4.69) is 33.0 Å². The zero-order valence-corrected chi connectivity index (χ0v) is 17.3. The molecule has 3 rings (SSSR count). The molecule has 0 fully saturated rings. The number of hydrogen-bond donors (Lipinski definition) is 3. The third-order valence-corrected chi connectivity index (χ3v) is 6.36. The van der Waals surface area contributed by atoms with E-state index in [9.17, 15) is 9.59 Å². The molecule has 0 saturated heterocycles. The van der Waals surface area contributed by atoms with Crippen molar-refractivity contribution in [3.05, 3.63) is 51.4 Å². The average molecular weight is 387 g/mol. The lowest BCUT2D eigenvalue weighted by Gasteiger charge is -2.22. The smallest absolute Gasteiger partial charge is 0.256 e. The van der Waals surface area contributed by atoms with Crippen LogP contribution in [0, 0.1) is 0 Å². The number of rotatable bonds is 4. The largest absolute Gasteiger partial charge is 0.365 e. The van der Waals surface area contributed by atoms with Gasteiger partial charge in [-0.1, -0.05) is 32.9 Å². The Kier molecular flexibility index (Phi) is 5.40. The van der Waals surface area contributed by atoms with E-state index >= 15 is 0 Å². The van der Waals surface area contributed by atoms with Crippen molar-refractivity contribution >= 4 is 28.2 Å². The van der Waals surface area contributed by atoms with E-state index in [4.69, 9.17) is 5.73 Å². The van der Waals surface area contributed by atoms with E-state index in [1.165, 1.54) is 21.8 Å². The molecule has 0 bridgehead atoms. The molecular formula is C21H28N3O2S+. The van der Waals surface area contributed by atoms with Gasteiger partial charge in [0.1, 0.15) is 11.5 Å². The number of nitrogens with one attached hydrogen (secondary N) is 2. The standard InChI is InChI=1S/C21H27N3O2S/c1-5-24-11-10-15-16(12-24)27-20(17(15)18(22)25)23-19(26)13-6-8-14(9-7-13)21(2,3)4/h6-9H,5,10-12H2,1-4H3,(H2,22,25)(H,23,26)/p+1. The van der Waals surface area contributed by atoms with Gasteiger partial charge in [0.2, 0.25) is 0 Å². The summed E-state index contributed by atoms with van der Waals surface area (Å²) >= 11 is 1.49. The number of fused-ring (bicyclic) bond motifs is 1. The molecule has 5 nitrogen and oxygen atoms in total. The number of quaternary nitrogens is 1. The summed E-state index contributed by atoms with van der Waals surface area (Å²) in [4.78, 5) is 27.4. The first-order valence-corrected chi connectivity index (χ1v) is 10.2. The summed E-state index contributed by atoms with van der Waals surface area (Å²) in [5.41, 5.74) is 8.93. The van der Waals surface area contributed by atoms with E-state index < -0.39 is 5.91 Å². The van der Waals surface area contributed by atoms with Crippen LogP contribution < -0.4 is 16.0 Å². The van der Waals surface area contributed by atoms with E-state index in [-0.39, 0.29) is 11.3 Å². The van der Waals surface area contributed by atoms with Crippen LogP contribution in [0.25, 0.3) is 0 Å². The lowest BCUT2D eigenvalue weighted by Crippen LogP contribution is -3.11. The summed E-state index contributed by atoms with van der Waals surface area (Å²) in [7, 11) is 0. The second-order valence-electron chi connectivity index (χ2n) is 8.13. The van der Waals surface area contributed by atoms with Crippen molar-refractivity contribution in [2.75, 3.05) is 18.4 Å². The SMILES string of the molecule is CC[NH+]1CCc2c(sc(NC(=O)c3ccc(C(C)(C)C)cc3)c2C(N)=O)C1. The number of benzene rings is 1. The fourth-order valence-corrected chi connectivity index (χ4v) is 4.80. The number of primary amides is 1. The highest BCUT2D eigenvalue weighted by Crippen LogP contribution is 2.34. The van der Waals surface area contributed by atoms with Crippen LogP contribution in [0.2, 0.25) is 0 Å². The van der Waals surface area contributed by atoms with Gasteiger partial charge in [0.05, 0.1) is 23.5 Å². The third-order valence-electron chi connectivity index (χ3n) is 5.22. The molecule has 1 atom stereocenters. The van der Waals surface area contributed by atoms with Crippen molar-refractivity contribution in [2.24, 2.45) is 5.73 Å². The summed E-state index contributed by atoms with van der Waals surface area (Å²) in [6.45, 7) is 11.5. The Hall–Kier alpha value is -2.18. The molecule has 1 aromatic heterocycles. The van der Waals surface area contributed by atoms with Gasteiger partial charge >= 0.3 is 0 Å². The molecule has 2 amide bonds. The third kappa shape index (κ3) is 4.06. The number of likely N-dealkylation sites (N-methyl/N-ethyl adjacent to an activating group) is 1. The number of amides is 2. The topological polar surface area (TPSA) is 76.6 Å². The first-order valence-electron chi connectivity index (χ1n) is 9.40. The summed E-state index contributed by atoms with van der Waals surface area (Å²) in [5.74, 6) is -0.679. The highest BCUT2D eigenvalue weighted by atomic mass is 32.1. The first kappa shape index (κ1) is 19.6. The Balaban J connectivity index is 1.86. The summed E-state index contributed by atoms with van der Waals surface area (Å²) in [5, 5.41) is 3.50. The molecule has 1 aliphatic rings. The number of thiophene rings is 1. The van der Waals surface area contributed by atoms with Gasteiger partial charge in [-0.2, -0.15) is 0 Å². The summed E-state index contributed by atoms with van der Waals surface area (Å²) < 4.78 is 0. The van der Waals surface area contributed by atoms with Crippen molar-refractivity contribution in [3.63, 3.8) is 0 Å². The minimum absolute atomic E-state index is 0.0361. The van der Waals surface area contributed by atoms with Gasteiger partial charge in [0.15, 0.2) is 0 Å². The Labute approximate surface area is 164 Å². The van der Waals surface area contributed by atoms with Crippen molar-refractivity contribution in [3.8, 4) is 0 Å². The van der Waals surface area contributed by atoms with Gasteiger partial charge in [0, 0.05) is 12.0 Å². The molecule has 2 aromatic rings. The molecular weight excluding hydrogens is 358 g/mol. The fourth-order valence-electron chi connectivity index (χ4n) is 3.48. The van der Waals surface area contributed by atoms with Crippen molar-refractivity contribution < 1.29 is 14.5 Å². The van der Waals surface area contributed by atoms with Crippen LogP contribution in [0.15, 0.2) is 24.3 Å². The average Bonchev–Trinajstić information content (AvgIpc) is 2.97. The van der Waals surface area contributed by atoms with Crippen LogP contribution in [0.5, 0.6) is 0 Å². The molecule has 144 valence electrons. The van der Waals surface area contributed by atoms with E-state index in [1.54, 1.807) is 0 Å². The van der Waals surface area contributed by atoms with E-state index in [1.807, 2.05) is 24.3 Å². The number of hydrogen-bond acceptors (Lipinski definition) is 3. The van der Waals surface area contributed by atoms with Gasteiger partial charge in [-0.25, -0.2) is 0 Å². The lowest BCUT2D eigenvalue weighted by atomic mass is 9.87. The maximum Gasteiger partial charge on any atom is 0.256 e. The first-order chi connectivity index (χ1) is 12.7. The van der Waals surface area contributed by atoms with Crippen LogP contribution in [0.3, 0.4) is 0 Å². The molecule has 1 aliphatic heterocycles. The lowest BCUT2D eigenvalue weighted by molar-refractivity contribution is -0.913. The van der Waals surface area contributed by atoms with Crippen LogP contribution >= 0.6 is 11.3 Å². The second kappa shape index (κ2) is 7.44. The molecule has 0 aliphatic carbocycles. The molecule has 27 heavy (non-hydrogen) atoms. The quantitative estimate of drug-likeness (QED) is 0.754. The molecule has 4 N–H and O–H groups in total. The Morgan fingerprint density at radius 2 is 1.89 bits per heavy atom. The van der Waals surface area contributed by atoms with Crippen LogP contribution in [0.1, 0.15) is 64.4 Å². The highest BCUT2D eigenvalue weighted by Gasteiger charge is 2.29. The van der Waals surface area contributed by atoms with E-state index in [0.717, 1.165) is 36.5 Å². The number of anilines is 1. The molecule has 0 spiro atoms. The van der Waals surface area contributed by atoms with Gasteiger partial charge in [-0.15, -0.1) is 11.3 Å². The number of nitrogens with two attached hydrogens (primary N) is 1. The van der Waals surface area contributed by atoms with Crippen LogP contribution in [-0.4, -0.2) is 24.9 Å². The Bertz CT molecular complexity index is 863. The zero-order chi connectivity index (χ0) is 19.8. The van der Waals surface area contributed by atoms with Gasteiger partial charge in [-0.3, -0.25) is 9.59 Å². The van der Waals surface area contributed by atoms with Crippen molar-refractivity contribution in [2.45, 2.75) is 46.1 Å². The van der Waals surface area contributed by atoms with Crippen molar-refractivity contribution in [1.29, 1.82) is 0 Å². The van der Waals surface area contributed by atoms with Gasteiger partial charge in [0.25, 0.3) is 11.8 Å². The normalized spacial score (nSPS) is 16.7. The molecule has 0 radical (unpaired) electrons. The fraction of sp³-hybridized carbons (Fsp3) is 0.429. The summed E-state index contributed by atoms with van der Waals surface area (Å²) in [6, 6.07) is 7.62. The number of carbonyl (C=O) groups excluding carboxylic acids is 2. The molecule has 1 unspecified atom stereocenters. The maximum absolute atomic E-state index is 12.7. The predicted molar refractivity (Wildman–Crippen MR) is 110 cm³/mol. The Morgan fingerprint density at radius 3 is 2.44 bits per heavy atom. The minimum Gasteiger partial charge on any atom is -0.365 e. The van der Waals surface area contributed by atoms with Gasteiger partial charge < -0.3 is 16.0 Å². The predicted octanol–water partition coefficient (Wildman–Crippen LogP) is 2.36. The molecule has 0 saturated carbocycles. The second-order valence-corrected chi connectivity index (χ2v) is 9.24. The molecule has 1 aromatic carbocycles. The van der Waals surface area contributed by atoms with Crippen molar-refractivity contribution in [1.82, 2.24) is 0 Å². The Morgan fingerprint density at radius 1 is 1.22 bits per heavy atom. The van der Waals surface area contributed by atoms with Crippen LogP contribution in [-0.2, 0) is 18.4 Å². The monoisotopic (exact) mass is 386 g/mol. The highest BCUT2D eigenvalue weighted by molar-refractivity contribution is 7.17. The zero-order valence-electron chi connectivity index (χ0n) is 16.4. The number of carbonyl (C=O) groups is 2. The molecule has 6 heteroatoms. The summed E-state index contributed by atoms with van der Waals surface area (Å²) in [6.07, 6.45) is 0.823. The maximum atomic E-state index is 12.7.